The number of carbonyl (C=O) groups excluding carboxylic acids is 1. The van der Waals surface area contributed by atoms with Gasteiger partial charge < -0.3 is 15.2 Å². The Kier molecular flexibility index (Phi) is 7.97. The smallest absolute Gasteiger partial charge is 0.338 e. The van der Waals surface area contributed by atoms with E-state index in [0.717, 1.165) is 6.07 Å². The maximum Gasteiger partial charge on any atom is 0.338 e. The lowest BCUT2D eigenvalue weighted by Gasteiger charge is -2.40. The highest BCUT2D eigenvalue weighted by Crippen LogP contribution is 2.42. The van der Waals surface area contributed by atoms with Crippen LogP contribution in [0, 0.1) is 23.5 Å². The number of esters is 1. The van der Waals surface area contributed by atoms with Gasteiger partial charge in [-0.3, -0.25) is 9.79 Å². The number of aromatic nitrogens is 1. The number of carboxylic acid groups (broad SMARTS) is 1. The molecule has 2 aromatic rings. The van der Waals surface area contributed by atoms with Crippen LogP contribution in [0.1, 0.15) is 42.3 Å². The van der Waals surface area contributed by atoms with Crippen molar-refractivity contribution in [3.8, 4) is 0 Å². The molecule has 1 aromatic carbocycles. The van der Waals surface area contributed by atoms with Gasteiger partial charge in [0.15, 0.2) is 22.5 Å². The average Bonchev–Trinajstić information content (AvgIpc) is 3.45. The lowest BCUT2D eigenvalue weighted by atomic mass is 9.85. The molecule has 0 spiro atoms. The largest absolute Gasteiger partial charge is 0.481 e. The first-order chi connectivity index (χ1) is 19.0. The fourth-order valence-electron chi connectivity index (χ4n) is 5.27. The molecule has 214 valence electrons. The summed E-state index contributed by atoms with van der Waals surface area (Å²) in [6.07, 6.45) is 2.41. The number of methoxy groups -OCH3 is 1. The number of sulfonamides is 1. The Morgan fingerprint density at radius 3 is 2.52 bits per heavy atom. The molecule has 1 aromatic heterocycles. The van der Waals surface area contributed by atoms with Crippen LogP contribution in [0.2, 0.25) is 5.02 Å². The van der Waals surface area contributed by atoms with E-state index in [4.69, 9.17) is 21.4 Å². The second kappa shape index (κ2) is 11.1. The number of hydrogen-bond acceptors (Lipinski definition) is 9. The fourth-order valence-corrected chi connectivity index (χ4v) is 8.20. The van der Waals surface area contributed by atoms with E-state index in [1.807, 2.05) is 0 Å². The number of thiazole rings is 1. The number of benzene rings is 1. The van der Waals surface area contributed by atoms with Gasteiger partial charge in [-0.15, -0.1) is 11.3 Å². The van der Waals surface area contributed by atoms with E-state index in [-0.39, 0.29) is 43.0 Å². The number of rotatable bonds is 7. The number of piperidine rings is 1. The van der Waals surface area contributed by atoms with E-state index in [9.17, 15) is 26.8 Å². The molecule has 0 radical (unpaired) electrons. The van der Waals surface area contributed by atoms with E-state index < -0.39 is 55.8 Å². The number of halogens is 3. The fraction of sp³-hybridized carbons (Fsp3) is 0.440. The van der Waals surface area contributed by atoms with Crippen LogP contribution in [-0.4, -0.2) is 66.0 Å². The van der Waals surface area contributed by atoms with E-state index in [1.165, 1.54) is 28.8 Å². The van der Waals surface area contributed by atoms with Crippen molar-refractivity contribution in [2.45, 2.75) is 37.0 Å². The van der Waals surface area contributed by atoms with Crippen LogP contribution in [0.4, 0.5) is 8.78 Å². The maximum absolute atomic E-state index is 14.5. The molecule has 3 heterocycles. The van der Waals surface area contributed by atoms with E-state index >= 15 is 0 Å². The third kappa shape index (κ3) is 5.13. The van der Waals surface area contributed by atoms with Crippen molar-refractivity contribution in [1.29, 1.82) is 0 Å². The summed E-state index contributed by atoms with van der Waals surface area (Å²) in [6.45, 7) is 0.308. The van der Waals surface area contributed by atoms with Crippen molar-refractivity contribution in [3.05, 3.63) is 62.2 Å². The monoisotopic (exact) mass is 614 g/mol. The predicted octanol–water partition coefficient (Wildman–Crippen LogP) is 3.50. The molecule has 1 saturated carbocycles. The first kappa shape index (κ1) is 28.6. The Balaban J connectivity index is 1.48. The number of carbonyl (C=O) groups is 2. The van der Waals surface area contributed by atoms with Crippen LogP contribution < -0.4 is 5.32 Å². The zero-order valence-corrected chi connectivity index (χ0v) is 23.5. The van der Waals surface area contributed by atoms with Gasteiger partial charge in [0.2, 0.25) is 10.0 Å². The van der Waals surface area contributed by atoms with Crippen molar-refractivity contribution in [1.82, 2.24) is 14.6 Å². The Morgan fingerprint density at radius 1 is 1.23 bits per heavy atom. The summed E-state index contributed by atoms with van der Waals surface area (Å²) in [7, 11) is -2.49. The molecule has 2 aliphatic heterocycles. The lowest BCUT2D eigenvalue weighted by Crippen LogP contribution is -2.50. The Hall–Kier alpha value is -2.94. The Bertz CT molecular complexity index is 1500. The molecule has 1 atom stereocenters. The molecule has 2 N–H and O–H groups in total. The highest BCUT2D eigenvalue weighted by atomic mass is 35.5. The molecular weight excluding hydrogens is 590 g/mol. The third-order valence-corrected chi connectivity index (χ3v) is 11.0. The summed E-state index contributed by atoms with van der Waals surface area (Å²) < 4.78 is 61.0. The van der Waals surface area contributed by atoms with E-state index in [0.29, 0.717) is 29.4 Å². The second-order valence-electron chi connectivity index (χ2n) is 9.77. The van der Waals surface area contributed by atoms with E-state index in [2.05, 4.69) is 15.3 Å². The van der Waals surface area contributed by atoms with Crippen LogP contribution in [0.15, 0.2) is 40.0 Å². The average molecular weight is 615 g/mol. The second-order valence-corrected chi connectivity index (χ2v) is 13.3. The van der Waals surface area contributed by atoms with Gasteiger partial charge in [0.1, 0.15) is 6.04 Å². The van der Waals surface area contributed by atoms with Gasteiger partial charge in [0.05, 0.1) is 28.9 Å². The number of ether oxygens (including phenoxy) is 1. The molecule has 10 nitrogen and oxygen atoms in total. The minimum Gasteiger partial charge on any atom is -0.481 e. The Morgan fingerprint density at radius 2 is 1.93 bits per heavy atom. The van der Waals surface area contributed by atoms with Gasteiger partial charge in [-0.25, -0.2) is 31.3 Å². The highest BCUT2D eigenvalue weighted by molar-refractivity contribution is 7.89. The molecule has 1 saturated heterocycles. The molecule has 0 amide bonds. The maximum atomic E-state index is 14.5. The van der Waals surface area contributed by atoms with Gasteiger partial charge in [-0.05, 0) is 31.7 Å². The van der Waals surface area contributed by atoms with Gasteiger partial charge in [0.25, 0.3) is 0 Å². The summed E-state index contributed by atoms with van der Waals surface area (Å²) in [5, 5.41) is 13.3. The number of nitrogens with one attached hydrogen (secondary N) is 1. The van der Waals surface area contributed by atoms with E-state index in [1.54, 1.807) is 11.6 Å². The molecule has 2 fully saturated rings. The number of amidine groups is 1. The predicted molar refractivity (Wildman–Crippen MR) is 142 cm³/mol. The minimum atomic E-state index is -3.68. The molecule has 1 unspecified atom stereocenters. The van der Waals surface area contributed by atoms with Crippen molar-refractivity contribution in [2.24, 2.45) is 16.8 Å². The molecule has 0 bridgehead atoms. The lowest BCUT2D eigenvalue weighted by molar-refractivity contribution is -0.144. The topological polar surface area (TPSA) is 138 Å². The van der Waals surface area contributed by atoms with Crippen LogP contribution >= 0.6 is 22.9 Å². The number of aliphatic carboxylic acids is 1. The molecule has 40 heavy (non-hydrogen) atoms. The molecule has 5 rings (SSSR count). The van der Waals surface area contributed by atoms with Gasteiger partial charge in [-0.2, -0.15) is 0 Å². The highest BCUT2D eigenvalue weighted by Gasteiger charge is 2.46. The zero-order valence-electron chi connectivity index (χ0n) is 21.1. The minimum absolute atomic E-state index is 0.0558. The van der Waals surface area contributed by atoms with Crippen LogP contribution in [0.5, 0.6) is 0 Å². The number of allylic oxidation sites excluding steroid dienone is 1. The standard InChI is InChI=1S/C25H25ClF2N4O6S2/c1-38-25(35)17-20(12-4-7-32(8-5-12)40(36,37)14-10-13(11-14)24(33)34)30-22(23-29-6-9-39-23)31-21(17)15-2-3-16(27)19(28)18(15)26/h2-3,6,9,12-14,21H,4-5,7-8,10-11H2,1H3,(H,30,31)(H,33,34)/t13-,14-,21?. The van der Waals surface area contributed by atoms with Gasteiger partial charge in [-0.1, -0.05) is 17.7 Å². The van der Waals surface area contributed by atoms with Crippen molar-refractivity contribution in [3.63, 3.8) is 0 Å². The first-order valence-electron chi connectivity index (χ1n) is 12.4. The molecular formula is C25H25ClF2N4O6S2. The molecule has 15 heteroatoms. The Labute approximate surface area is 237 Å². The summed E-state index contributed by atoms with van der Waals surface area (Å²) in [5.74, 6) is -4.86. The molecule has 3 aliphatic rings. The summed E-state index contributed by atoms with van der Waals surface area (Å²) in [5.41, 5.74) is 0.539. The number of aliphatic imine (C=N–C) groups is 1. The SMILES string of the molecule is COC(=O)C1=C(C2CCN(S(=O)(=O)[C@H]3C[C@H](C(=O)O)C3)CC2)NC(c2nccs2)=NC1c1ccc(F)c(F)c1Cl. The van der Waals surface area contributed by atoms with Crippen LogP contribution in [0.3, 0.4) is 0 Å². The first-order valence-corrected chi connectivity index (χ1v) is 15.2. The zero-order chi connectivity index (χ0) is 28.8. The van der Waals surface area contributed by atoms with Gasteiger partial charge in [0, 0.05) is 41.8 Å². The van der Waals surface area contributed by atoms with Crippen LogP contribution in [-0.2, 0) is 24.3 Å². The summed E-state index contributed by atoms with van der Waals surface area (Å²) in [4.78, 5) is 33.2. The number of carboxylic acids is 1. The normalized spacial score (nSPS) is 24.2. The van der Waals surface area contributed by atoms with Crippen LogP contribution in [0.25, 0.3) is 0 Å². The summed E-state index contributed by atoms with van der Waals surface area (Å²) >= 11 is 7.48. The van der Waals surface area contributed by atoms with Crippen molar-refractivity contribution in [2.75, 3.05) is 20.2 Å². The molecule has 1 aliphatic carbocycles. The van der Waals surface area contributed by atoms with Crippen molar-refractivity contribution >= 4 is 50.7 Å². The summed E-state index contributed by atoms with van der Waals surface area (Å²) in [6, 6.07) is 1.03. The van der Waals surface area contributed by atoms with Gasteiger partial charge >= 0.3 is 11.9 Å². The van der Waals surface area contributed by atoms with Crippen molar-refractivity contribution < 1.29 is 36.6 Å². The number of nitrogens with zero attached hydrogens (tertiary/aromatic N) is 3. The number of hydrogen-bond donors (Lipinski definition) is 2. The third-order valence-electron chi connectivity index (χ3n) is 7.56. The quantitative estimate of drug-likeness (QED) is 0.357.